The number of aliphatic hydroxyl groups excluding tert-OH is 1. The second kappa shape index (κ2) is 7.40. The lowest BCUT2D eigenvalue weighted by atomic mass is 9.87. The lowest BCUT2D eigenvalue weighted by molar-refractivity contribution is 0.0454. The van der Waals surface area contributed by atoms with E-state index in [4.69, 9.17) is 0 Å². The zero-order valence-electron chi connectivity index (χ0n) is 14.7. The van der Waals surface area contributed by atoms with Crippen molar-refractivity contribution in [2.24, 2.45) is 5.92 Å². The summed E-state index contributed by atoms with van der Waals surface area (Å²) in [5, 5.41) is 10.5. The summed E-state index contributed by atoms with van der Waals surface area (Å²) in [4.78, 5) is 14.6. The lowest BCUT2D eigenvalue weighted by Crippen LogP contribution is -2.40. The van der Waals surface area contributed by atoms with Gasteiger partial charge in [-0.1, -0.05) is 12.1 Å². The summed E-state index contributed by atoms with van der Waals surface area (Å²) in [6.07, 6.45) is 2.81. The molecule has 1 N–H and O–H groups in total. The first-order chi connectivity index (χ1) is 12.0. The molecule has 1 amide bonds. The number of aromatic nitrogens is 1. The van der Waals surface area contributed by atoms with Crippen LogP contribution in [0.25, 0.3) is 0 Å². The van der Waals surface area contributed by atoms with Crippen LogP contribution in [0.3, 0.4) is 0 Å². The van der Waals surface area contributed by atoms with E-state index in [2.05, 4.69) is 13.8 Å². The van der Waals surface area contributed by atoms with E-state index in [1.54, 1.807) is 12.1 Å². The molecule has 0 bridgehead atoms. The van der Waals surface area contributed by atoms with Crippen LogP contribution in [0.2, 0.25) is 0 Å². The van der Waals surface area contributed by atoms with Crippen LogP contribution in [-0.4, -0.2) is 33.6 Å². The smallest absolute Gasteiger partial charge is 0.270 e. The number of aliphatic hydroxyl groups is 1. The molecule has 1 unspecified atom stereocenters. The van der Waals surface area contributed by atoms with E-state index in [1.807, 2.05) is 27.8 Å². The Kier molecular flexibility index (Phi) is 5.23. The molecule has 134 valence electrons. The monoisotopic (exact) mass is 344 g/mol. The highest BCUT2D eigenvalue weighted by atomic mass is 19.1. The minimum Gasteiger partial charge on any atom is -0.388 e. The minimum absolute atomic E-state index is 0.0495. The van der Waals surface area contributed by atoms with Crippen LogP contribution in [0.5, 0.6) is 0 Å². The third-order valence-corrected chi connectivity index (χ3v) is 5.04. The Balaban J connectivity index is 1.62. The Morgan fingerprint density at radius 2 is 1.80 bits per heavy atom. The van der Waals surface area contributed by atoms with Crippen molar-refractivity contribution in [3.8, 4) is 0 Å². The van der Waals surface area contributed by atoms with E-state index in [0.717, 1.165) is 18.4 Å². The maximum Gasteiger partial charge on any atom is 0.270 e. The first-order valence-corrected chi connectivity index (χ1v) is 8.87. The fourth-order valence-corrected chi connectivity index (χ4v) is 3.54. The third-order valence-electron chi connectivity index (χ3n) is 5.04. The summed E-state index contributed by atoms with van der Waals surface area (Å²) < 4.78 is 15.0. The zero-order chi connectivity index (χ0) is 18.0. The summed E-state index contributed by atoms with van der Waals surface area (Å²) in [5.41, 5.74) is 1.45. The number of nitrogens with zero attached hydrogens (tertiary/aromatic N) is 2. The molecule has 1 fully saturated rings. The number of carbonyl (C=O) groups excluding carboxylic acids is 1. The average molecular weight is 344 g/mol. The van der Waals surface area contributed by atoms with Crippen molar-refractivity contribution in [2.75, 3.05) is 13.1 Å². The molecule has 1 atom stereocenters. The molecule has 1 aliphatic rings. The third kappa shape index (κ3) is 3.76. The van der Waals surface area contributed by atoms with Crippen molar-refractivity contribution in [3.05, 3.63) is 59.7 Å². The molecule has 25 heavy (non-hydrogen) atoms. The van der Waals surface area contributed by atoms with Crippen molar-refractivity contribution in [2.45, 2.75) is 38.8 Å². The molecule has 1 aromatic heterocycles. The second-order valence-corrected chi connectivity index (χ2v) is 7.02. The van der Waals surface area contributed by atoms with Gasteiger partial charge >= 0.3 is 0 Å². The van der Waals surface area contributed by atoms with E-state index >= 15 is 0 Å². The number of carbonyl (C=O) groups is 1. The maximum absolute atomic E-state index is 13.0. The van der Waals surface area contributed by atoms with E-state index in [1.165, 1.54) is 12.1 Å². The second-order valence-electron chi connectivity index (χ2n) is 7.02. The van der Waals surface area contributed by atoms with Gasteiger partial charge in [0.15, 0.2) is 0 Å². The van der Waals surface area contributed by atoms with Crippen LogP contribution in [0.4, 0.5) is 4.39 Å². The van der Waals surface area contributed by atoms with Gasteiger partial charge in [-0.3, -0.25) is 4.79 Å². The molecule has 2 heterocycles. The van der Waals surface area contributed by atoms with Crippen LogP contribution in [-0.2, 0) is 0 Å². The van der Waals surface area contributed by atoms with Gasteiger partial charge < -0.3 is 14.6 Å². The first-order valence-electron chi connectivity index (χ1n) is 8.87. The number of hydrogen-bond acceptors (Lipinski definition) is 2. The fourth-order valence-electron chi connectivity index (χ4n) is 3.54. The van der Waals surface area contributed by atoms with E-state index in [9.17, 15) is 14.3 Å². The Morgan fingerprint density at radius 1 is 1.16 bits per heavy atom. The molecule has 3 rings (SSSR count). The molecular weight excluding hydrogens is 319 g/mol. The molecule has 2 aromatic rings. The lowest BCUT2D eigenvalue weighted by Gasteiger charge is -2.34. The normalized spacial score (nSPS) is 17.1. The van der Waals surface area contributed by atoms with E-state index in [0.29, 0.717) is 18.8 Å². The molecule has 0 aliphatic carbocycles. The predicted octanol–water partition coefficient (Wildman–Crippen LogP) is 3.79. The van der Waals surface area contributed by atoms with Gasteiger partial charge in [-0.25, -0.2) is 4.39 Å². The van der Waals surface area contributed by atoms with E-state index in [-0.39, 0.29) is 23.7 Å². The molecule has 1 saturated heterocycles. The number of halogens is 1. The molecule has 0 saturated carbocycles. The van der Waals surface area contributed by atoms with E-state index < -0.39 is 6.10 Å². The van der Waals surface area contributed by atoms with Gasteiger partial charge in [0.2, 0.25) is 0 Å². The van der Waals surface area contributed by atoms with Gasteiger partial charge in [-0.05, 0) is 62.4 Å². The average Bonchev–Trinajstić information content (AvgIpc) is 3.11. The number of likely N-dealkylation sites (tertiary alicyclic amines) is 1. The topological polar surface area (TPSA) is 45.5 Å². The van der Waals surface area contributed by atoms with Gasteiger partial charge in [0.05, 0.1) is 6.10 Å². The molecule has 4 nitrogen and oxygen atoms in total. The number of hydrogen-bond donors (Lipinski definition) is 1. The minimum atomic E-state index is -0.614. The fraction of sp³-hybridized carbons (Fsp3) is 0.450. The summed E-state index contributed by atoms with van der Waals surface area (Å²) >= 11 is 0. The Hall–Kier alpha value is -2.14. The Bertz CT molecular complexity index is 716. The molecule has 1 aliphatic heterocycles. The number of benzene rings is 1. The van der Waals surface area contributed by atoms with Gasteiger partial charge in [0.1, 0.15) is 11.5 Å². The number of piperidine rings is 1. The van der Waals surface area contributed by atoms with Gasteiger partial charge in [-0.2, -0.15) is 0 Å². The van der Waals surface area contributed by atoms with Crippen molar-refractivity contribution in [1.29, 1.82) is 0 Å². The SMILES string of the molecule is CC(C)n1cccc1C(=O)N1CCC(C(O)c2ccc(F)cc2)CC1. The van der Waals surface area contributed by atoms with Crippen LogP contribution in [0.1, 0.15) is 54.9 Å². The van der Waals surface area contributed by atoms with Crippen LogP contribution < -0.4 is 0 Å². The van der Waals surface area contributed by atoms with Gasteiger partial charge in [-0.15, -0.1) is 0 Å². The van der Waals surface area contributed by atoms with Crippen molar-refractivity contribution < 1.29 is 14.3 Å². The standard InChI is InChI=1S/C20H25FN2O2/c1-14(2)23-11-3-4-18(23)20(25)22-12-9-16(10-13-22)19(24)15-5-7-17(21)8-6-15/h3-8,11,14,16,19,24H,9-10,12-13H2,1-2H3. The molecule has 1 aromatic carbocycles. The largest absolute Gasteiger partial charge is 0.388 e. The summed E-state index contributed by atoms with van der Waals surface area (Å²) in [5.74, 6) is -0.163. The molecule has 5 heteroatoms. The summed E-state index contributed by atoms with van der Waals surface area (Å²) in [6, 6.07) is 10.0. The molecular formula is C20H25FN2O2. The number of amides is 1. The quantitative estimate of drug-likeness (QED) is 0.917. The van der Waals surface area contributed by atoms with Crippen molar-refractivity contribution in [3.63, 3.8) is 0 Å². The summed E-state index contributed by atoms with van der Waals surface area (Å²) in [6.45, 7) is 5.38. The predicted molar refractivity (Wildman–Crippen MR) is 94.8 cm³/mol. The zero-order valence-corrected chi connectivity index (χ0v) is 14.7. The van der Waals surface area contributed by atoms with Crippen LogP contribution >= 0.6 is 0 Å². The highest BCUT2D eigenvalue weighted by Gasteiger charge is 2.29. The van der Waals surface area contributed by atoms with Crippen molar-refractivity contribution in [1.82, 2.24) is 9.47 Å². The van der Waals surface area contributed by atoms with Crippen LogP contribution in [0, 0.1) is 11.7 Å². The van der Waals surface area contributed by atoms with Crippen LogP contribution in [0.15, 0.2) is 42.6 Å². The van der Waals surface area contributed by atoms with Gasteiger partial charge in [0.25, 0.3) is 5.91 Å². The summed E-state index contributed by atoms with van der Waals surface area (Å²) in [7, 11) is 0. The van der Waals surface area contributed by atoms with Gasteiger partial charge in [0, 0.05) is 25.3 Å². The molecule has 0 radical (unpaired) electrons. The number of rotatable bonds is 4. The first kappa shape index (κ1) is 17.7. The molecule has 0 spiro atoms. The highest BCUT2D eigenvalue weighted by Crippen LogP contribution is 2.31. The Labute approximate surface area is 147 Å². The van der Waals surface area contributed by atoms with Crippen molar-refractivity contribution >= 4 is 5.91 Å². The highest BCUT2D eigenvalue weighted by molar-refractivity contribution is 5.92. The Morgan fingerprint density at radius 3 is 2.40 bits per heavy atom. The maximum atomic E-state index is 13.0.